The number of halogens is 4. The Balaban J connectivity index is 1.17. The second-order valence-corrected chi connectivity index (χ2v) is 11.0. The molecule has 0 fully saturated rings. The van der Waals surface area contributed by atoms with Gasteiger partial charge < -0.3 is 14.8 Å². The summed E-state index contributed by atoms with van der Waals surface area (Å²) in [5.74, 6) is 0.631. The lowest BCUT2D eigenvalue weighted by molar-refractivity contribution is -0.137. The Morgan fingerprint density at radius 1 is 1.05 bits per heavy atom. The zero-order valence-corrected chi connectivity index (χ0v) is 25.0. The normalized spacial score (nSPS) is 11.6. The monoisotopic (exact) mass is 668 g/mol. The number of methoxy groups -OCH3 is 1. The molecule has 0 spiro atoms. The zero-order valence-electron chi connectivity index (χ0n) is 22.6. The first-order valence-corrected chi connectivity index (χ1v) is 14.5. The Morgan fingerprint density at radius 2 is 1.84 bits per heavy atom. The van der Waals surface area contributed by atoms with E-state index in [1.165, 1.54) is 29.7 Å². The van der Waals surface area contributed by atoms with Crippen LogP contribution in [0.4, 0.5) is 24.0 Å². The highest BCUT2D eigenvalue weighted by molar-refractivity contribution is 9.10. The van der Waals surface area contributed by atoms with E-state index in [0.29, 0.717) is 39.0 Å². The van der Waals surface area contributed by atoms with Gasteiger partial charge in [-0.1, -0.05) is 48.5 Å². The molecule has 5 rings (SSSR count). The maximum Gasteiger partial charge on any atom is 0.416 e. The molecule has 1 heterocycles. The largest absolute Gasteiger partial charge is 0.493 e. The number of alkyl halides is 3. The first kappa shape index (κ1) is 30.1. The van der Waals surface area contributed by atoms with E-state index in [1.807, 2.05) is 24.3 Å². The SMILES string of the molecule is COc1cc(/C=N\NC(=O)Cc2csc(Nc3cccc(C(F)(F)F)c3)n2)c(Br)cc1OCc1cccc2ccccc12. The molecule has 2 N–H and O–H groups in total. The number of nitrogens with zero attached hydrogens (tertiary/aromatic N) is 2. The molecule has 5 aromatic rings. The van der Waals surface area contributed by atoms with Crippen LogP contribution in [0.1, 0.15) is 22.4 Å². The van der Waals surface area contributed by atoms with Crippen LogP contribution in [-0.2, 0) is 24.0 Å². The second-order valence-electron chi connectivity index (χ2n) is 9.27. The lowest BCUT2D eigenvalue weighted by Gasteiger charge is -2.14. The van der Waals surface area contributed by atoms with Crippen molar-refractivity contribution < 1.29 is 27.4 Å². The molecule has 12 heteroatoms. The van der Waals surface area contributed by atoms with Crippen molar-refractivity contribution in [1.82, 2.24) is 10.4 Å². The molecule has 0 aliphatic carbocycles. The van der Waals surface area contributed by atoms with Gasteiger partial charge in [-0.25, -0.2) is 10.4 Å². The van der Waals surface area contributed by atoms with Crippen molar-refractivity contribution in [3.8, 4) is 11.5 Å². The van der Waals surface area contributed by atoms with E-state index < -0.39 is 17.6 Å². The number of amides is 1. The van der Waals surface area contributed by atoms with E-state index in [0.717, 1.165) is 28.5 Å². The molecule has 4 aromatic carbocycles. The minimum absolute atomic E-state index is 0.0659. The van der Waals surface area contributed by atoms with Crippen LogP contribution in [0, 0.1) is 0 Å². The number of hydrogen-bond donors (Lipinski definition) is 2. The molecule has 1 amide bonds. The van der Waals surface area contributed by atoms with Gasteiger partial charge in [0.05, 0.1) is 31.0 Å². The average Bonchev–Trinajstić information content (AvgIpc) is 3.42. The van der Waals surface area contributed by atoms with E-state index >= 15 is 0 Å². The zero-order chi connectivity index (χ0) is 30.4. The number of carbonyl (C=O) groups excluding carboxylic acids is 1. The van der Waals surface area contributed by atoms with E-state index in [4.69, 9.17) is 9.47 Å². The summed E-state index contributed by atoms with van der Waals surface area (Å²) in [6, 6.07) is 22.5. The predicted octanol–water partition coefficient (Wildman–Crippen LogP) is 8.10. The molecule has 7 nitrogen and oxygen atoms in total. The highest BCUT2D eigenvalue weighted by Crippen LogP contribution is 2.34. The van der Waals surface area contributed by atoms with Gasteiger partial charge in [0, 0.05) is 21.1 Å². The number of hydrazone groups is 1. The highest BCUT2D eigenvalue weighted by Gasteiger charge is 2.30. The molecule has 0 bridgehead atoms. The van der Waals surface area contributed by atoms with Crippen LogP contribution in [0.25, 0.3) is 10.8 Å². The molecule has 0 aliphatic rings. The van der Waals surface area contributed by atoms with E-state index in [-0.39, 0.29) is 12.1 Å². The van der Waals surface area contributed by atoms with Crippen molar-refractivity contribution in [2.45, 2.75) is 19.2 Å². The summed E-state index contributed by atoms with van der Waals surface area (Å²) >= 11 is 4.70. The van der Waals surface area contributed by atoms with Gasteiger partial charge in [0.15, 0.2) is 16.6 Å². The molecule has 220 valence electrons. The molecule has 0 radical (unpaired) electrons. The van der Waals surface area contributed by atoms with Crippen molar-refractivity contribution in [3.05, 3.63) is 111 Å². The minimum atomic E-state index is -4.45. The summed E-state index contributed by atoms with van der Waals surface area (Å²) in [5.41, 5.74) is 4.08. The number of fused-ring (bicyclic) bond motifs is 1. The minimum Gasteiger partial charge on any atom is -0.493 e. The maximum absolute atomic E-state index is 13.0. The Bertz CT molecular complexity index is 1790. The fraction of sp³-hybridized carbons (Fsp3) is 0.129. The van der Waals surface area contributed by atoms with Gasteiger partial charge in [0.25, 0.3) is 0 Å². The van der Waals surface area contributed by atoms with Crippen molar-refractivity contribution in [1.29, 1.82) is 0 Å². The number of hydrogen-bond acceptors (Lipinski definition) is 7. The smallest absolute Gasteiger partial charge is 0.416 e. The first-order chi connectivity index (χ1) is 20.7. The van der Waals surface area contributed by atoms with Gasteiger partial charge in [-0.3, -0.25) is 4.79 Å². The highest BCUT2D eigenvalue weighted by atomic mass is 79.9. The van der Waals surface area contributed by atoms with Gasteiger partial charge in [0.2, 0.25) is 5.91 Å². The van der Waals surface area contributed by atoms with Crippen LogP contribution in [0.15, 0.2) is 93.8 Å². The van der Waals surface area contributed by atoms with E-state index in [9.17, 15) is 18.0 Å². The molecule has 43 heavy (non-hydrogen) atoms. The van der Waals surface area contributed by atoms with Gasteiger partial charge >= 0.3 is 6.18 Å². The lowest BCUT2D eigenvalue weighted by atomic mass is 10.1. The van der Waals surface area contributed by atoms with Crippen molar-refractivity contribution >= 4 is 61.0 Å². The summed E-state index contributed by atoms with van der Waals surface area (Å²) in [4.78, 5) is 16.7. The number of benzene rings is 4. The molecular formula is C31H24BrF3N4O3S. The van der Waals surface area contributed by atoms with Crippen LogP contribution in [-0.4, -0.2) is 24.2 Å². The van der Waals surface area contributed by atoms with Crippen LogP contribution >= 0.6 is 27.3 Å². The number of ether oxygens (including phenoxy) is 2. The number of nitrogens with one attached hydrogen (secondary N) is 2. The molecule has 0 aliphatic heterocycles. The van der Waals surface area contributed by atoms with E-state index in [2.05, 4.69) is 55.0 Å². The third-order valence-corrected chi connectivity index (χ3v) is 7.77. The number of carbonyl (C=O) groups is 1. The number of anilines is 2. The topological polar surface area (TPSA) is 84.8 Å². The fourth-order valence-corrected chi connectivity index (χ4v) is 5.37. The van der Waals surface area contributed by atoms with Gasteiger partial charge in [-0.2, -0.15) is 18.3 Å². The lowest BCUT2D eigenvalue weighted by Crippen LogP contribution is -2.20. The molecule has 0 atom stereocenters. The summed E-state index contributed by atoms with van der Waals surface area (Å²) < 4.78 is 51.2. The molecular weight excluding hydrogens is 645 g/mol. The van der Waals surface area contributed by atoms with Crippen molar-refractivity contribution in [3.63, 3.8) is 0 Å². The predicted molar refractivity (Wildman–Crippen MR) is 165 cm³/mol. The summed E-state index contributed by atoms with van der Waals surface area (Å²) in [7, 11) is 1.54. The van der Waals surface area contributed by atoms with Gasteiger partial charge in [0.1, 0.15) is 6.61 Å². The first-order valence-electron chi connectivity index (χ1n) is 12.9. The van der Waals surface area contributed by atoms with Crippen LogP contribution < -0.4 is 20.2 Å². The third-order valence-electron chi connectivity index (χ3n) is 6.27. The third kappa shape index (κ3) is 7.70. The molecule has 0 saturated carbocycles. The molecule has 0 saturated heterocycles. The maximum atomic E-state index is 13.0. The van der Waals surface area contributed by atoms with E-state index in [1.54, 1.807) is 24.6 Å². The van der Waals surface area contributed by atoms with Gasteiger partial charge in [-0.15, -0.1) is 11.3 Å². The summed E-state index contributed by atoms with van der Waals surface area (Å²) in [6.45, 7) is 0.349. The second kappa shape index (κ2) is 13.3. The Hall–Kier alpha value is -4.42. The number of thiazole rings is 1. The van der Waals surface area contributed by atoms with Crippen LogP contribution in [0.2, 0.25) is 0 Å². The van der Waals surface area contributed by atoms with Crippen LogP contribution in [0.3, 0.4) is 0 Å². The fourth-order valence-electron chi connectivity index (χ4n) is 4.22. The number of rotatable bonds is 10. The standard InChI is InChI=1S/C31H24BrF3N4O3S/c1-41-27-12-21(26(32)15-28(27)42-17-20-8-4-7-19-6-2-3-11-25(19)20)16-36-39-29(40)14-24-18-43-30(38-24)37-23-10-5-9-22(13-23)31(33,34)35/h2-13,15-16,18H,14,17H2,1H3,(H,37,38)(H,39,40)/b36-16-. The number of aromatic nitrogens is 1. The summed E-state index contributed by atoms with van der Waals surface area (Å²) in [6.07, 6.45) is -3.04. The summed E-state index contributed by atoms with van der Waals surface area (Å²) in [5, 5.41) is 11.1. The molecule has 0 unspecified atom stereocenters. The van der Waals surface area contributed by atoms with Crippen molar-refractivity contribution in [2.75, 3.05) is 12.4 Å². The molecule has 1 aromatic heterocycles. The van der Waals surface area contributed by atoms with Gasteiger partial charge in [-0.05, 0) is 62.6 Å². The average molecular weight is 670 g/mol. The van der Waals surface area contributed by atoms with Crippen LogP contribution in [0.5, 0.6) is 11.5 Å². The van der Waals surface area contributed by atoms with Crippen molar-refractivity contribution in [2.24, 2.45) is 5.10 Å². The Labute approximate surface area is 257 Å². The Kier molecular flexibility index (Phi) is 9.27. The quantitative estimate of drug-likeness (QED) is 0.116. The Morgan fingerprint density at radius 3 is 2.65 bits per heavy atom.